The number of rotatable bonds is 2. The number of hydrogen-bond acceptors (Lipinski definition) is 3. The van der Waals surface area contributed by atoms with Crippen LogP contribution >= 0.6 is 0 Å². The molecule has 1 aliphatic rings. The highest BCUT2D eigenvalue weighted by Gasteiger charge is 2.37. The van der Waals surface area contributed by atoms with Crippen molar-refractivity contribution in [2.24, 2.45) is 10.8 Å². The normalized spacial score (nSPS) is 33.8. The molecule has 15 heavy (non-hydrogen) atoms. The first-order valence-electron chi connectivity index (χ1n) is 4.57. The molecule has 0 amide bonds. The molecule has 1 rings (SSSR count). The van der Waals surface area contributed by atoms with Gasteiger partial charge in [0, 0.05) is 0 Å². The van der Waals surface area contributed by atoms with Gasteiger partial charge in [0.2, 0.25) is 0 Å². The molecule has 0 spiro atoms. The number of carboxylic acid groups (broad SMARTS) is 1. The van der Waals surface area contributed by atoms with E-state index in [0.717, 1.165) is 0 Å². The number of aliphatic carboxylic acids is 1. The van der Waals surface area contributed by atoms with Crippen LogP contribution in [0.4, 0.5) is 0 Å². The second-order valence-corrected chi connectivity index (χ2v) is 4.03. The molecule has 0 bridgehead atoms. The number of carboxylic acids is 1. The molecular formula is C11H14O4. The van der Waals surface area contributed by atoms with Crippen molar-refractivity contribution >= 4 is 11.9 Å². The minimum Gasteiger partial charge on any atom is -0.480 e. The average molecular weight is 210 g/mol. The summed E-state index contributed by atoms with van der Waals surface area (Å²) in [5, 5.41) is 8.94. The second-order valence-electron chi connectivity index (χ2n) is 4.03. The summed E-state index contributed by atoms with van der Waals surface area (Å²) in [5.74, 6) is -1.34. The maximum Gasteiger partial charge on any atom is 0.319 e. The van der Waals surface area contributed by atoms with Gasteiger partial charge in [0.25, 0.3) is 0 Å². The third-order valence-electron chi connectivity index (χ3n) is 2.64. The number of carbonyl (C=O) groups excluding carboxylic acids is 1. The Bertz CT molecular complexity index is 338. The standard InChI is InChI=1S/C11H14O4/c1-10(8(12)13)4-6-11(2,7-5-10)9(14)15-3/h4-7H,1-3H3,(H,12,13). The highest BCUT2D eigenvalue weighted by molar-refractivity contribution is 5.85. The number of ether oxygens (including phenoxy) is 1. The minimum absolute atomic E-state index is 0.401. The Hall–Kier alpha value is -1.58. The summed E-state index contributed by atoms with van der Waals surface area (Å²) in [7, 11) is 1.31. The van der Waals surface area contributed by atoms with Crippen molar-refractivity contribution in [2.45, 2.75) is 13.8 Å². The smallest absolute Gasteiger partial charge is 0.319 e. The van der Waals surface area contributed by atoms with E-state index in [1.807, 2.05) is 0 Å². The quantitative estimate of drug-likeness (QED) is 0.552. The van der Waals surface area contributed by atoms with Gasteiger partial charge in [-0.25, -0.2) is 0 Å². The van der Waals surface area contributed by atoms with Crippen molar-refractivity contribution in [1.29, 1.82) is 0 Å². The van der Waals surface area contributed by atoms with Crippen LogP contribution in [0.5, 0.6) is 0 Å². The van der Waals surface area contributed by atoms with Crippen molar-refractivity contribution in [3.05, 3.63) is 24.3 Å². The van der Waals surface area contributed by atoms with E-state index in [0.29, 0.717) is 0 Å². The van der Waals surface area contributed by atoms with Crippen LogP contribution in [0.25, 0.3) is 0 Å². The van der Waals surface area contributed by atoms with Gasteiger partial charge >= 0.3 is 11.9 Å². The lowest BCUT2D eigenvalue weighted by Crippen LogP contribution is -2.32. The molecule has 0 aliphatic heterocycles. The van der Waals surface area contributed by atoms with Gasteiger partial charge < -0.3 is 9.84 Å². The molecule has 1 N–H and O–H groups in total. The summed E-state index contributed by atoms with van der Waals surface area (Å²) in [5.41, 5.74) is -1.89. The van der Waals surface area contributed by atoms with Gasteiger partial charge in [0.05, 0.1) is 7.11 Å². The third kappa shape index (κ3) is 1.93. The molecule has 0 saturated heterocycles. The predicted octanol–water partition coefficient (Wildman–Crippen LogP) is 1.38. The van der Waals surface area contributed by atoms with Crippen molar-refractivity contribution in [1.82, 2.24) is 0 Å². The number of methoxy groups -OCH3 is 1. The summed E-state index contributed by atoms with van der Waals surface area (Å²) in [4.78, 5) is 22.3. The summed E-state index contributed by atoms with van der Waals surface area (Å²) < 4.78 is 4.63. The maximum atomic E-state index is 11.4. The van der Waals surface area contributed by atoms with Crippen LogP contribution in [0.3, 0.4) is 0 Å². The van der Waals surface area contributed by atoms with E-state index < -0.39 is 22.8 Å². The molecule has 0 atom stereocenters. The maximum absolute atomic E-state index is 11.4. The number of carbonyl (C=O) groups is 2. The Labute approximate surface area is 88.2 Å². The highest BCUT2D eigenvalue weighted by atomic mass is 16.5. The van der Waals surface area contributed by atoms with Crippen molar-refractivity contribution < 1.29 is 19.4 Å². The van der Waals surface area contributed by atoms with E-state index in [1.54, 1.807) is 26.0 Å². The molecule has 0 saturated carbocycles. The first kappa shape index (κ1) is 11.5. The van der Waals surface area contributed by atoms with Gasteiger partial charge in [-0.05, 0) is 13.8 Å². The molecule has 0 fully saturated rings. The van der Waals surface area contributed by atoms with E-state index in [1.165, 1.54) is 19.3 Å². The summed E-state index contributed by atoms with van der Waals surface area (Å²) >= 11 is 0. The molecule has 0 radical (unpaired) electrons. The van der Waals surface area contributed by atoms with Crippen molar-refractivity contribution in [3.8, 4) is 0 Å². The molecule has 4 nitrogen and oxygen atoms in total. The monoisotopic (exact) mass is 210 g/mol. The van der Waals surface area contributed by atoms with Crippen LogP contribution in [-0.2, 0) is 14.3 Å². The Morgan fingerprint density at radius 3 is 1.80 bits per heavy atom. The molecule has 0 aromatic rings. The molecular weight excluding hydrogens is 196 g/mol. The lowest BCUT2D eigenvalue weighted by molar-refractivity contribution is -0.147. The lowest BCUT2D eigenvalue weighted by Gasteiger charge is -2.27. The van der Waals surface area contributed by atoms with E-state index >= 15 is 0 Å². The summed E-state index contributed by atoms with van der Waals surface area (Å²) in [6.07, 6.45) is 6.14. The van der Waals surface area contributed by atoms with E-state index in [-0.39, 0.29) is 0 Å². The number of esters is 1. The summed E-state index contributed by atoms with van der Waals surface area (Å²) in [6.45, 7) is 3.24. The zero-order valence-electron chi connectivity index (χ0n) is 8.98. The van der Waals surface area contributed by atoms with Gasteiger partial charge in [0.1, 0.15) is 10.8 Å². The number of hydrogen-bond donors (Lipinski definition) is 1. The molecule has 0 heterocycles. The van der Waals surface area contributed by atoms with Gasteiger partial charge in [0.15, 0.2) is 0 Å². The van der Waals surface area contributed by atoms with Crippen molar-refractivity contribution in [2.75, 3.05) is 7.11 Å². The van der Waals surface area contributed by atoms with E-state index in [2.05, 4.69) is 4.74 Å². The fraction of sp³-hybridized carbons (Fsp3) is 0.455. The van der Waals surface area contributed by atoms with Crippen LogP contribution in [0.2, 0.25) is 0 Å². The van der Waals surface area contributed by atoms with E-state index in [4.69, 9.17) is 5.11 Å². The van der Waals surface area contributed by atoms with Crippen LogP contribution in [0.1, 0.15) is 13.8 Å². The van der Waals surface area contributed by atoms with Crippen LogP contribution < -0.4 is 0 Å². The lowest BCUT2D eigenvalue weighted by atomic mass is 9.77. The Morgan fingerprint density at radius 2 is 1.47 bits per heavy atom. The molecule has 4 heteroatoms. The topological polar surface area (TPSA) is 63.6 Å². The van der Waals surface area contributed by atoms with Gasteiger partial charge in [-0.15, -0.1) is 0 Å². The molecule has 82 valence electrons. The fourth-order valence-corrected chi connectivity index (χ4v) is 1.30. The van der Waals surface area contributed by atoms with Crippen LogP contribution in [0.15, 0.2) is 24.3 Å². The minimum atomic E-state index is -1.03. The van der Waals surface area contributed by atoms with Gasteiger partial charge in [-0.3, -0.25) is 9.59 Å². The van der Waals surface area contributed by atoms with Crippen LogP contribution in [-0.4, -0.2) is 24.2 Å². The molecule has 1 aliphatic carbocycles. The largest absolute Gasteiger partial charge is 0.480 e. The first-order valence-corrected chi connectivity index (χ1v) is 4.57. The van der Waals surface area contributed by atoms with E-state index in [9.17, 15) is 9.59 Å². The molecule has 0 unspecified atom stereocenters. The fourth-order valence-electron chi connectivity index (χ4n) is 1.30. The molecule has 0 aromatic heterocycles. The highest BCUT2D eigenvalue weighted by Crippen LogP contribution is 2.34. The van der Waals surface area contributed by atoms with Gasteiger partial charge in [-0.2, -0.15) is 0 Å². The Balaban J connectivity index is 2.98. The third-order valence-corrected chi connectivity index (χ3v) is 2.64. The Morgan fingerprint density at radius 1 is 1.07 bits per heavy atom. The predicted molar refractivity (Wildman–Crippen MR) is 54.1 cm³/mol. The summed E-state index contributed by atoms with van der Waals surface area (Å²) in [6, 6.07) is 0. The SMILES string of the molecule is COC(=O)C1(C)C=CC(C)(C(=O)O)C=C1. The molecule has 0 aromatic carbocycles. The zero-order chi connectivity index (χ0) is 11.7. The Kier molecular flexibility index (Phi) is 2.71. The zero-order valence-corrected chi connectivity index (χ0v) is 8.98. The van der Waals surface area contributed by atoms with Crippen LogP contribution in [0, 0.1) is 10.8 Å². The first-order chi connectivity index (χ1) is 6.84. The average Bonchev–Trinajstić information content (AvgIpc) is 2.21. The van der Waals surface area contributed by atoms with Gasteiger partial charge in [-0.1, -0.05) is 24.3 Å². The van der Waals surface area contributed by atoms with Crippen molar-refractivity contribution in [3.63, 3.8) is 0 Å². The second kappa shape index (κ2) is 3.53.